The molecule has 4 heterocycles. The quantitative estimate of drug-likeness (QED) is 0.0782. The summed E-state index contributed by atoms with van der Waals surface area (Å²) in [4.78, 5) is 41.2. The van der Waals surface area contributed by atoms with Crippen LogP contribution < -0.4 is 13.7 Å². The third-order valence-corrected chi connectivity index (χ3v) is 13.9. The molecule has 2 aromatic carbocycles. The number of carbonyl (C=O) groups is 2. The Morgan fingerprint density at radius 3 is 1.29 bits per heavy atom. The number of halogens is 2. The average molecular weight is 1130 g/mol. The Morgan fingerprint density at radius 2 is 1.00 bits per heavy atom. The maximum Gasteiger partial charge on any atom is 0.308 e. The van der Waals surface area contributed by atoms with E-state index in [4.69, 9.17) is 23.7 Å². The minimum atomic E-state index is -3.63. The Labute approximate surface area is 459 Å². The number of carboxylic acids is 1. The Bertz CT molecular complexity index is 3000. The molecule has 0 saturated carbocycles. The van der Waals surface area contributed by atoms with Crippen LogP contribution in [0.1, 0.15) is 115 Å². The highest BCUT2D eigenvalue weighted by Gasteiger charge is 2.37. The van der Waals surface area contributed by atoms with E-state index >= 15 is 0 Å². The molecule has 2 aliphatic heterocycles. The lowest BCUT2D eigenvalue weighted by molar-refractivity contribution is -0.849. The van der Waals surface area contributed by atoms with E-state index in [0.29, 0.717) is 57.9 Å². The first-order valence-corrected chi connectivity index (χ1v) is 28.9. The number of ether oxygens (including phenoxy) is 5. The first-order chi connectivity index (χ1) is 35.9. The van der Waals surface area contributed by atoms with Crippen LogP contribution in [0.2, 0.25) is 0 Å². The van der Waals surface area contributed by atoms with E-state index in [9.17, 15) is 40.3 Å². The van der Waals surface area contributed by atoms with Crippen LogP contribution in [0.25, 0.3) is 34.7 Å². The highest BCUT2D eigenvalue weighted by atomic mass is 32.2. The van der Waals surface area contributed by atoms with Gasteiger partial charge in [-0.3, -0.25) is 4.79 Å². The molecule has 430 valence electrons. The number of carbonyl (C=O) groups excluding carboxylic acids is 2. The maximum absolute atomic E-state index is 13.7. The summed E-state index contributed by atoms with van der Waals surface area (Å²) in [6.07, 6.45) is 8.10. The summed E-state index contributed by atoms with van der Waals surface area (Å²) in [5.41, 5.74) is 4.54. The predicted molar refractivity (Wildman–Crippen MR) is 295 cm³/mol. The molecule has 0 amide bonds. The number of nitrogens with zero attached hydrogens (tertiary/aromatic N) is 7. The summed E-state index contributed by atoms with van der Waals surface area (Å²) in [6.45, 7) is 14.7. The monoisotopic (exact) mass is 1130 g/mol. The number of hydrogen-bond acceptors (Lipinski definition) is 16. The Hall–Kier alpha value is -5.82. The van der Waals surface area contributed by atoms with E-state index in [1.807, 2.05) is 39.8 Å². The molecule has 23 heteroatoms. The summed E-state index contributed by atoms with van der Waals surface area (Å²) >= 11 is 0. The van der Waals surface area contributed by atoms with Crippen molar-refractivity contribution in [3.63, 3.8) is 0 Å². The molecule has 19 nitrogen and oxygen atoms in total. The average Bonchev–Trinajstić information content (AvgIpc) is 3.30. The number of carboxylic acid groups (broad SMARTS) is 1. The molecule has 0 aliphatic carbocycles. The second-order valence-corrected chi connectivity index (χ2v) is 26.0. The Kier molecular flexibility index (Phi) is 21.9. The van der Waals surface area contributed by atoms with Gasteiger partial charge >= 0.3 is 5.97 Å². The van der Waals surface area contributed by atoms with Gasteiger partial charge in [0, 0.05) is 61.6 Å². The van der Waals surface area contributed by atoms with Gasteiger partial charge in [-0.1, -0.05) is 52.0 Å². The van der Waals surface area contributed by atoms with Crippen molar-refractivity contribution in [1.29, 1.82) is 0 Å². The van der Waals surface area contributed by atoms with Crippen LogP contribution in [0.4, 0.5) is 20.7 Å². The minimum absolute atomic E-state index is 0.00449. The molecule has 78 heavy (non-hydrogen) atoms. The number of benzene rings is 2. The number of quaternary nitrogens is 1. The summed E-state index contributed by atoms with van der Waals surface area (Å²) in [7, 11) is 5.34. The van der Waals surface area contributed by atoms with Gasteiger partial charge in [-0.25, -0.2) is 54.2 Å². The summed E-state index contributed by atoms with van der Waals surface area (Å²) in [6, 6.07) is 11.5. The van der Waals surface area contributed by atoms with Crippen molar-refractivity contribution in [2.45, 2.75) is 129 Å². The van der Waals surface area contributed by atoms with Gasteiger partial charge in [-0.05, 0) is 88.1 Å². The Morgan fingerprint density at radius 1 is 0.667 bits per heavy atom. The highest BCUT2D eigenvalue weighted by molar-refractivity contribution is 7.92. The van der Waals surface area contributed by atoms with Crippen molar-refractivity contribution in [2.24, 2.45) is 0 Å². The van der Waals surface area contributed by atoms with Gasteiger partial charge in [0.05, 0.1) is 101 Å². The summed E-state index contributed by atoms with van der Waals surface area (Å²) < 4.78 is 108. The molecule has 0 N–H and O–H groups in total. The van der Waals surface area contributed by atoms with Crippen molar-refractivity contribution in [1.82, 2.24) is 19.9 Å². The van der Waals surface area contributed by atoms with Gasteiger partial charge in [-0.15, -0.1) is 0 Å². The number of aliphatic carboxylic acids is 1. The molecule has 4 aromatic rings. The van der Waals surface area contributed by atoms with Crippen LogP contribution >= 0.6 is 0 Å². The SMILES string of the molecule is CC(C)c1nc(N(C)S(C)(=O)=O)nc(-c2ccc(F)cc2)c1/C=C/[C@@H]1C[C@H](CC(=O)[O-])OC(C)(C)O1.COC(=O)C[C@H]1C[C@@H](/C=C/c2c(-c3ccc(F)cc3)nc(N(C)S(C)(=O)=O)nc2C(C)C)OC(C)(C)O1.C[N+](C)(C)C. The standard InChI is InChI=1S/C26H34FN3O6S.C25H32FN3O6S.C4H12N/c1-16(2)23-21(13-12-19-14-20(15-22(31)34-6)36-26(3,4)35-19)24(17-8-10-18(27)11-9-17)29-25(28-23)30(5)37(7,32)33;1-15(2)22-20(12-11-18-13-19(14-21(30)31)35-25(3,4)34-18)23(16-7-9-17(26)10-8-16)28-24(27-22)29(5)36(6,32)33;1-5(2,3)4/h8-13,16,19-20H,14-15H2,1-7H3;7-12,15,18-19H,13-14H2,1-6H3,(H,30,31);1-4H3/q;;+1/p-1/b13-12+;12-11+;/t19-,20-;18-,19-;/m11./s1. The lowest BCUT2D eigenvalue weighted by Gasteiger charge is -2.40. The van der Waals surface area contributed by atoms with E-state index in [1.165, 1.54) is 45.5 Å². The second kappa shape index (κ2) is 26.4. The largest absolute Gasteiger partial charge is 0.550 e. The zero-order valence-electron chi connectivity index (χ0n) is 47.8. The molecule has 6 rings (SSSR count). The normalized spacial score (nSPS) is 19.4. The summed E-state index contributed by atoms with van der Waals surface area (Å²) in [5.74, 6) is -4.52. The lowest BCUT2D eigenvalue weighted by Crippen LogP contribution is -2.45. The van der Waals surface area contributed by atoms with E-state index < -0.39 is 73.6 Å². The number of methoxy groups -OCH3 is 1. The van der Waals surface area contributed by atoms with Crippen LogP contribution in [-0.2, 0) is 53.3 Å². The van der Waals surface area contributed by atoms with Crippen molar-refractivity contribution >= 4 is 56.0 Å². The Balaban J connectivity index is 0.000000310. The topological polar surface area (TPSA) is 230 Å². The smallest absolute Gasteiger partial charge is 0.308 e. The fourth-order valence-electron chi connectivity index (χ4n) is 8.04. The number of anilines is 2. The van der Waals surface area contributed by atoms with Gasteiger partial charge in [0.25, 0.3) is 0 Å². The van der Waals surface area contributed by atoms with Crippen LogP contribution in [0.5, 0.6) is 0 Å². The molecular formula is C55H77F2N7O12S2. The van der Waals surface area contributed by atoms with Crippen molar-refractivity contribution in [3.05, 3.63) is 94.8 Å². The molecule has 2 aromatic heterocycles. The van der Waals surface area contributed by atoms with Crippen LogP contribution in [-0.4, -0.2) is 151 Å². The van der Waals surface area contributed by atoms with E-state index in [1.54, 1.807) is 64.1 Å². The van der Waals surface area contributed by atoms with Crippen molar-refractivity contribution < 1.29 is 68.5 Å². The molecule has 2 saturated heterocycles. The second-order valence-electron chi connectivity index (χ2n) is 21.9. The van der Waals surface area contributed by atoms with Crippen molar-refractivity contribution in [2.75, 3.05) is 70.5 Å². The molecule has 0 radical (unpaired) electrons. The van der Waals surface area contributed by atoms with E-state index in [-0.39, 0.29) is 42.5 Å². The van der Waals surface area contributed by atoms with Crippen LogP contribution in [0.3, 0.4) is 0 Å². The lowest BCUT2D eigenvalue weighted by atomic mass is 9.97. The maximum atomic E-state index is 13.7. The minimum Gasteiger partial charge on any atom is -0.550 e. The summed E-state index contributed by atoms with van der Waals surface area (Å²) in [5, 5.41) is 11.1. The third kappa shape index (κ3) is 19.8. The fourth-order valence-corrected chi connectivity index (χ4v) is 8.79. The van der Waals surface area contributed by atoms with Gasteiger partial charge in [0.1, 0.15) is 11.6 Å². The van der Waals surface area contributed by atoms with Crippen molar-refractivity contribution in [3.8, 4) is 22.5 Å². The molecular weight excluding hydrogens is 1050 g/mol. The number of esters is 1. The van der Waals surface area contributed by atoms with E-state index in [0.717, 1.165) is 25.6 Å². The molecule has 0 unspecified atom stereocenters. The fraction of sp³-hybridized carbons (Fsp3) is 0.527. The molecule has 4 atom stereocenters. The van der Waals surface area contributed by atoms with Crippen LogP contribution in [0, 0.1) is 11.6 Å². The number of aromatic nitrogens is 4. The van der Waals surface area contributed by atoms with E-state index in [2.05, 4.69) is 48.1 Å². The number of hydrogen-bond donors (Lipinski definition) is 0. The predicted octanol–water partition coefficient (Wildman–Crippen LogP) is 7.48. The first-order valence-electron chi connectivity index (χ1n) is 25.2. The van der Waals surface area contributed by atoms with Gasteiger partial charge < -0.3 is 38.1 Å². The number of rotatable bonds is 16. The molecule has 2 fully saturated rings. The third-order valence-electron chi connectivity index (χ3n) is 11.5. The van der Waals surface area contributed by atoms with Gasteiger partial charge in [0.2, 0.25) is 31.9 Å². The molecule has 0 bridgehead atoms. The van der Waals surface area contributed by atoms with Gasteiger partial charge in [0.15, 0.2) is 11.6 Å². The highest BCUT2D eigenvalue weighted by Crippen LogP contribution is 2.36. The van der Waals surface area contributed by atoms with Crippen LogP contribution in [0.15, 0.2) is 60.7 Å². The molecule has 0 spiro atoms. The first kappa shape index (κ1) is 64.7. The number of sulfonamides is 2. The molecule has 2 aliphatic rings. The zero-order valence-corrected chi connectivity index (χ0v) is 49.5. The van der Waals surface area contributed by atoms with Gasteiger partial charge in [-0.2, -0.15) is 0 Å². The zero-order chi connectivity index (χ0) is 58.9.